The van der Waals surface area contributed by atoms with Crippen LogP contribution in [0.25, 0.3) is 10.1 Å². The predicted molar refractivity (Wildman–Crippen MR) is 120 cm³/mol. The molecule has 3 aromatic rings. The standard InChI is InChI=1S/C22H24N2O4S2/c1-14-10-15(2)21(16(3)11-14)30(26,27)23-18-4-5-19-17(12-18)13-20(29-19)22(25)24-6-8-28-9-7-24/h4-5,10-13,23H,6-9H2,1-3H3. The lowest BCUT2D eigenvalue weighted by molar-refractivity contribution is 0.0306. The molecule has 8 heteroatoms. The molecular formula is C22H24N2O4S2. The van der Waals surface area contributed by atoms with Gasteiger partial charge < -0.3 is 9.64 Å². The van der Waals surface area contributed by atoms with Gasteiger partial charge in [-0.25, -0.2) is 8.42 Å². The minimum atomic E-state index is -3.72. The van der Waals surface area contributed by atoms with E-state index < -0.39 is 10.0 Å². The Balaban J connectivity index is 1.62. The first-order valence-electron chi connectivity index (χ1n) is 9.76. The molecular weight excluding hydrogens is 420 g/mol. The molecule has 0 atom stereocenters. The Hall–Kier alpha value is -2.42. The van der Waals surface area contributed by atoms with Crippen molar-refractivity contribution in [2.24, 2.45) is 0 Å². The number of amides is 1. The first-order chi connectivity index (χ1) is 14.2. The van der Waals surface area contributed by atoms with Crippen molar-refractivity contribution in [2.75, 3.05) is 31.0 Å². The largest absolute Gasteiger partial charge is 0.378 e. The molecule has 2 heterocycles. The van der Waals surface area contributed by atoms with Gasteiger partial charge in [-0.3, -0.25) is 9.52 Å². The molecule has 1 saturated heterocycles. The highest BCUT2D eigenvalue weighted by Crippen LogP contribution is 2.31. The maximum atomic E-state index is 13.0. The second-order valence-electron chi connectivity index (χ2n) is 7.60. The average Bonchev–Trinajstić information content (AvgIpc) is 3.10. The molecule has 0 spiro atoms. The molecule has 1 aliphatic heterocycles. The molecule has 30 heavy (non-hydrogen) atoms. The highest BCUT2D eigenvalue weighted by Gasteiger charge is 2.22. The summed E-state index contributed by atoms with van der Waals surface area (Å²) in [4.78, 5) is 15.5. The summed E-state index contributed by atoms with van der Waals surface area (Å²) in [6, 6.07) is 10.9. The number of sulfonamides is 1. The van der Waals surface area contributed by atoms with Crippen LogP contribution in [-0.4, -0.2) is 45.5 Å². The van der Waals surface area contributed by atoms with Crippen molar-refractivity contribution < 1.29 is 17.9 Å². The van der Waals surface area contributed by atoms with Gasteiger partial charge >= 0.3 is 0 Å². The van der Waals surface area contributed by atoms with Gasteiger partial charge in [0.2, 0.25) is 0 Å². The van der Waals surface area contributed by atoms with Crippen molar-refractivity contribution in [3.05, 3.63) is 58.0 Å². The molecule has 2 aromatic carbocycles. The van der Waals surface area contributed by atoms with Gasteiger partial charge in [-0.1, -0.05) is 17.7 Å². The van der Waals surface area contributed by atoms with Crippen LogP contribution < -0.4 is 4.72 Å². The molecule has 158 valence electrons. The van der Waals surface area contributed by atoms with Crippen LogP contribution in [0.2, 0.25) is 0 Å². The third kappa shape index (κ3) is 4.08. The number of nitrogens with one attached hydrogen (secondary N) is 1. The van der Waals surface area contributed by atoms with Crippen molar-refractivity contribution in [3.8, 4) is 0 Å². The van der Waals surface area contributed by atoms with Crippen LogP contribution in [0.3, 0.4) is 0 Å². The third-order valence-corrected chi connectivity index (χ3v) is 7.94. The quantitative estimate of drug-likeness (QED) is 0.657. The van der Waals surface area contributed by atoms with Gasteiger partial charge in [-0.2, -0.15) is 0 Å². The molecule has 1 aromatic heterocycles. The fourth-order valence-corrected chi connectivity index (χ4v) is 6.45. The lowest BCUT2D eigenvalue weighted by Gasteiger charge is -2.26. The second kappa shape index (κ2) is 8.02. The Morgan fingerprint density at radius 1 is 1.03 bits per heavy atom. The van der Waals surface area contributed by atoms with Crippen LogP contribution in [0, 0.1) is 20.8 Å². The Morgan fingerprint density at radius 3 is 2.37 bits per heavy atom. The summed E-state index contributed by atoms with van der Waals surface area (Å²) in [5.41, 5.74) is 2.94. The minimum Gasteiger partial charge on any atom is -0.378 e. The summed E-state index contributed by atoms with van der Waals surface area (Å²) in [6.07, 6.45) is 0. The van der Waals surface area contributed by atoms with E-state index in [2.05, 4.69) is 4.72 Å². The fourth-order valence-electron chi connectivity index (χ4n) is 3.93. The second-order valence-corrected chi connectivity index (χ2v) is 10.3. The molecule has 4 rings (SSSR count). The van der Waals surface area contributed by atoms with Gasteiger partial charge in [0.25, 0.3) is 15.9 Å². The molecule has 1 N–H and O–H groups in total. The number of carbonyl (C=O) groups is 1. The van der Waals surface area contributed by atoms with E-state index in [4.69, 9.17) is 4.74 Å². The van der Waals surface area contributed by atoms with Gasteiger partial charge in [0.15, 0.2) is 0 Å². The number of rotatable bonds is 4. The fraction of sp³-hybridized carbons (Fsp3) is 0.318. The van der Waals surface area contributed by atoms with E-state index in [1.165, 1.54) is 11.3 Å². The smallest absolute Gasteiger partial charge is 0.264 e. The van der Waals surface area contributed by atoms with Crippen molar-refractivity contribution in [3.63, 3.8) is 0 Å². The van der Waals surface area contributed by atoms with Gasteiger partial charge in [0.05, 0.1) is 23.0 Å². The number of hydrogen-bond acceptors (Lipinski definition) is 5. The summed E-state index contributed by atoms with van der Waals surface area (Å²) in [6.45, 7) is 7.85. The molecule has 0 unspecified atom stereocenters. The number of ether oxygens (including phenoxy) is 1. The zero-order valence-corrected chi connectivity index (χ0v) is 18.8. The van der Waals surface area contributed by atoms with Gasteiger partial charge in [0, 0.05) is 23.5 Å². The van der Waals surface area contributed by atoms with E-state index >= 15 is 0 Å². The van der Waals surface area contributed by atoms with Gasteiger partial charge in [0.1, 0.15) is 0 Å². The normalized spacial score (nSPS) is 14.8. The number of carbonyl (C=O) groups excluding carboxylic acids is 1. The summed E-state index contributed by atoms with van der Waals surface area (Å²) >= 11 is 1.42. The van der Waals surface area contributed by atoms with Crippen molar-refractivity contribution in [1.29, 1.82) is 0 Å². The van der Waals surface area contributed by atoms with E-state index in [1.54, 1.807) is 30.9 Å². The van der Waals surface area contributed by atoms with Crippen molar-refractivity contribution >= 4 is 43.0 Å². The monoisotopic (exact) mass is 444 g/mol. The number of hydrogen-bond donors (Lipinski definition) is 1. The summed E-state index contributed by atoms with van der Waals surface area (Å²) < 4.78 is 35.0. The van der Waals surface area contributed by atoms with E-state index in [0.29, 0.717) is 41.8 Å². The molecule has 0 radical (unpaired) electrons. The first-order valence-corrected chi connectivity index (χ1v) is 12.1. The van der Waals surface area contributed by atoms with Crippen LogP contribution in [0.5, 0.6) is 0 Å². The number of morpholine rings is 1. The van der Waals surface area contributed by atoms with Crippen LogP contribution in [-0.2, 0) is 14.8 Å². The maximum Gasteiger partial charge on any atom is 0.264 e. The van der Waals surface area contributed by atoms with Crippen LogP contribution in [0.15, 0.2) is 41.3 Å². The SMILES string of the molecule is Cc1cc(C)c(S(=O)(=O)Nc2ccc3sc(C(=O)N4CCOCC4)cc3c2)c(C)c1. The lowest BCUT2D eigenvalue weighted by atomic mass is 10.1. The highest BCUT2D eigenvalue weighted by molar-refractivity contribution is 7.92. The molecule has 6 nitrogen and oxygen atoms in total. The first kappa shape index (κ1) is 20.8. The topological polar surface area (TPSA) is 75.7 Å². The lowest BCUT2D eigenvalue weighted by Crippen LogP contribution is -2.40. The zero-order chi connectivity index (χ0) is 21.5. The molecule has 1 aliphatic rings. The highest BCUT2D eigenvalue weighted by atomic mass is 32.2. The Bertz CT molecular complexity index is 1200. The number of fused-ring (bicyclic) bond motifs is 1. The Labute approximate surface area is 180 Å². The number of nitrogens with zero attached hydrogens (tertiary/aromatic N) is 1. The Morgan fingerprint density at radius 2 is 1.70 bits per heavy atom. The number of benzene rings is 2. The van der Waals surface area contributed by atoms with E-state index in [-0.39, 0.29) is 5.91 Å². The van der Waals surface area contributed by atoms with Crippen LogP contribution in [0.1, 0.15) is 26.4 Å². The number of thiophene rings is 1. The van der Waals surface area contributed by atoms with Crippen LogP contribution in [0.4, 0.5) is 5.69 Å². The summed E-state index contributed by atoms with van der Waals surface area (Å²) in [7, 11) is -3.72. The minimum absolute atomic E-state index is 0.00691. The predicted octanol–water partition coefficient (Wildman–Crippen LogP) is 4.10. The zero-order valence-electron chi connectivity index (χ0n) is 17.2. The van der Waals surface area contributed by atoms with Gasteiger partial charge in [-0.05, 0) is 61.5 Å². The number of aryl methyl sites for hydroxylation is 3. The third-order valence-electron chi connectivity index (χ3n) is 5.15. The maximum absolute atomic E-state index is 13.0. The van der Waals surface area contributed by atoms with E-state index in [9.17, 15) is 13.2 Å². The van der Waals surface area contributed by atoms with Gasteiger partial charge in [-0.15, -0.1) is 11.3 Å². The summed E-state index contributed by atoms with van der Waals surface area (Å²) in [5.74, 6) is -0.00691. The van der Waals surface area contributed by atoms with E-state index in [1.807, 2.05) is 31.2 Å². The molecule has 0 bridgehead atoms. The van der Waals surface area contributed by atoms with Crippen molar-refractivity contribution in [1.82, 2.24) is 4.90 Å². The molecule has 0 saturated carbocycles. The van der Waals surface area contributed by atoms with Crippen molar-refractivity contribution in [2.45, 2.75) is 25.7 Å². The Kier molecular flexibility index (Phi) is 5.57. The average molecular weight is 445 g/mol. The number of anilines is 1. The van der Waals surface area contributed by atoms with Crippen LogP contribution >= 0.6 is 11.3 Å². The molecule has 1 amide bonds. The summed E-state index contributed by atoms with van der Waals surface area (Å²) in [5, 5.41) is 0.842. The molecule has 0 aliphatic carbocycles. The van der Waals surface area contributed by atoms with E-state index in [0.717, 1.165) is 26.8 Å². The molecule has 1 fully saturated rings.